The van der Waals surface area contributed by atoms with Gasteiger partial charge >= 0.3 is 0 Å². The Morgan fingerprint density at radius 3 is 2.30 bits per heavy atom. The van der Waals surface area contributed by atoms with E-state index in [0.717, 1.165) is 11.5 Å². The molecule has 1 saturated heterocycles. The van der Waals surface area contributed by atoms with Crippen molar-refractivity contribution in [2.24, 2.45) is 5.92 Å². The van der Waals surface area contributed by atoms with Crippen molar-refractivity contribution in [1.82, 2.24) is 0 Å². The van der Waals surface area contributed by atoms with Crippen molar-refractivity contribution in [3.8, 4) is 6.07 Å². The molecule has 2 unspecified atom stereocenters. The van der Waals surface area contributed by atoms with Gasteiger partial charge < -0.3 is 4.74 Å². The lowest BCUT2D eigenvalue weighted by Gasteiger charge is -2.28. The van der Waals surface area contributed by atoms with Crippen LogP contribution in [-0.2, 0) is 4.74 Å². The molecule has 2 heteroatoms. The molecule has 2 aliphatic rings. The van der Waals surface area contributed by atoms with Gasteiger partial charge in [-0.05, 0) is 75.0 Å². The summed E-state index contributed by atoms with van der Waals surface area (Å²) in [4.78, 5) is 0. The standard InChI is InChI=1S/C18H23NO/c1-13-18(20-13)11-6-14-2-7-16(8-3-14)17-9-4-15(12-19)5-10-17/h4-5,9-10,13-14,16,18H,2-3,6-8,11H2,1H3/t13?,14-,16-,18?. The summed E-state index contributed by atoms with van der Waals surface area (Å²) in [5.41, 5.74) is 2.18. The summed E-state index contributed by atoms with van der Waals surface area (Å²) in [6.45, 7) is 2.17. The molecule has 1 aliphatic heterocycles. The predicted molar refractivity (Wildman–Crippen MR) is 79.4 cm³/mol. The molecule has 0 bridgehead atoms. The van der Waals surface area contributed by atoms with E-state index in [0.29, 0.717) is 18.1 Å². The normalized spacial score (nSPS) is 32.6. The minimum absolute atomic E-state index is 0.519. The van der Waals surface area contributed by atoms with Crippen molar-refractivity contribution in [3.05, 3.63) is 35.4 Å². The third kappa shape index (κ3) is 3.22. The van der Waals surface area contributed by atoms with Crippen molar-refractivity contribution in [3.63, 3.8) is 0 Å². The minimum Gasteiger partial charge on any atom is -0.370 e. The van der Waals surface area contributed by atoms with Gasteiger partial charge in [0.2, 0.25) is 0 Å². The van der Waals surface area contributed by atoms with Crippen LogP contribution in [0.2, 0.25) is 0 Å². The van der Waals surface area contributed by atoms with Crippen molar-refractivity contribution in [1.29, 1.82) is 5.26 Å². The molecule has 106 valence electrons. The van der Waals surface area contributed by atoms with Gasteiger partial charge in [-0.3, -0.25) is 0 Å². The molecule has 1 heterocycles. The zero-order chi connectivity index (χ0) is 13.9. The zero-order valence-corrected chi connectivity index (χ0v) is 12.2. The zero-order valence-electron chi connectivity index (χ0n) is 12.2. The maximum absolute atomic E-state index is 8.84. The van der Waals surface area contributed by atoms with Crippen LogP contribution < -0.4 is 0 Å². The number of nitrogens with zero attached hydrogens (tertiary/aromatic N) is 1. The Bertz CT molecular complexity index is 479. The highest BCUT2D eigenvalue weighted by molar-refractivity contribution is 5.33. The second-order valence-corrected chi connectivity index (χ2v) is 6.41. The highest BCUT2D eigenvalue weighted by Gasteiger charge is 2.34. The van der Waals surface area contributed by atoms with Gasteiger partial charge in [-0.2, -0.15) is 5.26 Å². The van der Waals surface area contributed by atoms with Gasteiger partial charge in [-0.1, -0.05) is 12.1 Å². The molecular formula is C18H23NO. The van der Waals surface area contributed by atoms with E-state index in [-0.39, 0.29) is 0 Å². The molecule has 0 amide bonds. The molecule has 1 aromatic carbocycles. The highest BCUT2D eigenvalue weighted by atomic mass is 16.6. The molecule has 20 heavy (non-hydrogen) atoms. The first-order valence-corrected chi connectivity index (χ1v) is 7.92. The summed E-state index contributed by atoms with van der Waals surface area (Å²) in [5, 5.41) is 8.84. The van der Waals surface area contributed by atoms with Crippen LogP contribution in [0.25, 0.3) is 0 Å². The van der Waals surface area contributed by atoms with Crippen LogP contribution in [0.3, 0.4) is 0 Å². The Balaban J connectivity index is 1.46. The van der Waals surface area contributed by atoms with Crippen molar-refractivity contribution >= 4 is 0 Å². The van der Waals surface area contributed by atoms with Crippen LogP contribution in [0.15, 0.2) is 24.3 Å². The number of hydrogen-bond donors (Lipinski definition) is 0. The Morgan fingerprint density at radius 2 is 1.75 bits per heavy atom. The second kappa shape index (κ2) is 5.97. The number of rotatable bonds is 4. The quantitative estimate of drug-likeness (QED) is 0.760. The van der Waals surface area contributed by atoms with Crippen LogP contribution in [0.1, 0.15) is 62.5 Å². The molecule has 1 aromatic rings. The third-order valence-electron chi connectivity index (χ3n) is 5.05. The first-order valence-electron chi connectivity index (χ1n) is 7.92. The number of epoxide rings is 1. The Kier molecular flexibility index (Phi) is 4.08. The molecule has 1 aliphatic carbocycles. The van der Waals surface area contributed by atoms with E-state index < -0.39 is 0 Å². The lowest BCUT2D eigenvalue weighted by atomic mass is 9.77. The fourth-order valence-electron chi connectivity index (χ4n) is 3.55. The molecule has 0 radical (unpaired) electrons. The van der Waals surface area contributed by atoms with Gasteiger partial charge in [0, 0.05) is 0 Å². The smallest absolute Gasteiger partial charge is 0.0991 e. The fourth-order valence-corrected chi connectivity index (χ4v) is 3.55. The fraction of sp³-hybridized carbons (Fsp3) is 0.611. The van der Waals surface area contributed by atoms with Crippen LogP contribution >= 0.6 is 0 Å². The number of ether oxygens (including phenoxy) is 1. The molecule has 2 nitrogen and oxygen atoms in total. The van der Waals surface area contributed by atoms with Gasteiger partial charge in [0.15, 0.2) is 0 Å². The number of benzene rings is 1. The molecule has 0 spiro atoms. The van der Waals surface area contributed by atoms with Gasteiger partial charge in [0.05, 0.1) is 23.8 Å². The average molecular weight is 269 g/mol. The Hall–Kier alpha value is -1.33. The average Bonchev–Trinajstić information content (AvgIpc) is 3.21. The minimum atomic E-state index is 0.519. The molecule has 1 saturated carbocycles. The molecule has 0 aromatic heterocycles. The maximum atomic E-state index is 8.84. The lowest BCUT2D eigenvalue weighted by molar-refractivity contribution is 0.287. The molecule has 2 fully saturated rings. The van der Waals surface area contributed by atoms with Crippen molar-refractivity contribution < 1.29 is 4.74 Å². The highest BCUT2D eigenvalue weighted by Crippen LogP contribution is 2.39. The Morgan fingerprint density at radius 1 is 1.10 bits per heavy atom. The Labute approximate surface area is 121 Å². The van der Waals surface area contributed by atoms with Crippen LogP contribution in [-0.4, -0.2) is 12.2 Å². The summed E-state index contributed by atoms with van der Waals surface area (Å²) in [5.74, 6) is 1.61. The van der Waals surface area contributed by atoms with E-state index >= 15 is 0 Å². The largest absolute Gasteiger partial charge is 0.370 e. The van der Waals surface area contributed by atoms with E-state index in [1.165, 1.54) is 44.1 Å². The van der Waals surface area contributed by atoms with E-state index in [9.17, 15) is 0 Å². The van der Waals surface area contributed by atoms with Crippen LogP contribution in [0.5, 0.6) is 0 Å². The second-order valence-electron chi connectivity index (χ2n) is 6.41. The topological polar surface area (TPSA) is 36.3 Å². The summed E-state index contributed by atoms with van der Waals surface area (Å²) in [7, 11) is 0. The first-order chi connectivity index (χ1) is 9.76. The van der Waals surface area contributed by atoms with E-state index in [2.05, 4.69) is 25.1 Å². The molecule has 0 N–H and O–H groups in total. The summed E-state index contributed by atoms with van der Waals surface area (Å²) >= 11 is 0. The SMILES string of the molecule is CC1OC1CC[C@H]1CC[C@H](c2ccc(C#N)cc2)CC1. The third-order valence-corrected chi connectivity index (χ3v) is 5.05. The van der Waals surface area contributed by atoms with E-state index in [1.54, 1.807) is 0 Å². The molecule has 3 rings (SSSR count). The van der Waals surface area contributed by atoms with Gasteiger partial charge in [-0.25, -0.2) is 0 Å². The van der Waals surface area contributed by atoms with Crippen molar-refractivity contribution in [2.75, 3.05) is 0 Å². The van der Waals surface area contributed by atoms with E-state index in [1.807, 2.05) is 12.1 Å². The summed E-state index contributed by atoms with van der Waals surface area (Å²) < 4.78 is 5.49. The van der Waals surface area contributed by atoms with Gasteiger partial charge in [-0.15, -0.1) is 0 Å². The van der Waals surface area contributed by atoms with Crippen LogP contribution in [0, 0.1) is 17.2 Å². The van der Waals surface area contributed by atoms with E-state index in [4.69, 9.17) is 10.00 Å². The van der Waals surface area contributed by atoms with Gasteiger partial charge in [0.25, 0.3) is 0 Å². The lowest BCUT2D eigenvalue weighted by Crippen LogP contribution is -2.14. The summed E-state index contributed by atoms with van der Waals surface area (Å²) in [6.07, 6.45) is 8.99. The molecule has 2 atom stereocenters. The van der Waals surface area contributed by atoms with Crippen molar-refractivity contribution in [2.45, 2.75) is 63.6 Å². The molecular weight excluding hydrogens is 246 g/mol. The summed E-state index contributed by atoms with van der Waals surface area (Å²) in [6, 6.07) is 10.4. The number of nitriles is 1. The maximum Gasteiger partial charge on any atom is 0.0991 e. The van der Waals surface area contributed by atoms with Gasteiger partial charge in [0.1, 0.15) is 0 Å². The monoisotopic (exact) mass is 269 g/mol. The predicted octanol–water partition coefficient (Wildman–Crippen LogP) is 4.40. The number of hydrogen-bond acceptors (Lipinski definition) is 2. The van der Waals surface area contributed by atoms with Crippen LogP contribution in [0.4, 0.5) is 0 Å². The first kappa shape index (κ1) is 13.6.